The van der Waals surface area contributed by atoms with E-state index in [-0.39, 0.29) is 17.2 Å². The number of rotatable bonds is 7. The van der Waals surface area contributed by atoms with E-state index in [1.165, 1.54) is 48.8 Å². The molecule has 0 aliphatic rings. The monoisotopic (exact) mass is 461 g/mol. The number of benzene rings is 2. The summed E-state index contributed by atoms with van der Waals surface area (Å²) in [5, 5.41) is 15.7. The van der Waals surface area contributed by atoms with Gasteiger partial charge < -0.3 is 10.1 Å². The first kappa shape index (κ1) is 21.9. The molecule has 3 rings (SSSR count). The van der Waals surface area contributed by atoms with E-state index in [1.54, 1.807) is 22.2 Å². The number of nitrogens with one attached hydrogen (secondary N) is 2. The molecule has 3 aromatic rings. The molecule has 0 saturated carbocycles. The second-order valence-electron chi connectivity index (χ2n) is 6.03. The standard InChI is InChI=1S/C19H15N3O7S2/c1-29-14-8-9-17(15(11-14)22(25)26)31(27,28)21-18(23)12-4-6-13(7-5-12)20-19(24)16-3-2-10-30-16/h2-11H,1H3,(H,20,24)(H,21,23). The summed E-state index contributed by atoms with van der Waals surface area (Å²) in [7, 11) is -3.25. The Balaban J connectivity index is 1.76. The van der Waals surface area contributed by atoms with Crippen molar-refractivity contribution < 1.29 is 27.7 Å². The molecule has 2 aromatic carbocycles. The van der Waals surface area contributed by atoms with Gasteiger partial charge in [0.15, 0.2) is 4.90 Å². The number of thiophene rings is 1. The summed E-state index contributed by atoms with van der Waals surface area (Å²) in [4.78, 5) is 34.6. The van der Waals surface area contributed by atoms with Crippen molar-refractivity contribution in [3.63, 3.8) is 0 Å². The van der Waals surface area contributed by atoms with Crippen molar-refractivity contribution in [2.75, 3.05) is 12.4 Å². The number of anilines is 1. The van der Waals surface area contributed by atoms with E-state index in [2.05, 4.69) is 5.32 Å². The van der Waals surface area contributed by atoms with Crippen LogP contribution < -0.4 is 14.8 Å². The van der Waals surface area contributed by atoms with E-state index in [9.17, 15) is 28.1 Å². The van der Waals surface area contributed by atoms with Gasteiger partial charge in [-0.15, -0.1) is 11.3 Å². The lowest BCUT2D eigenvalue weighted by molar-refractivity contribution is -0.387. The molecule has 0 radical (unpaired) electrons. The molecule has 2 amide bonds. The maximum Gasteiger partial charge on any atom is 0.293 e. The van der Waals surface area contributed by atoms with Gasteiger partial charge in [-0.3, -0.25) is 19.7 Å². The van der Waals surface area contributed by atoms with Crippen molar-refractivity contribution in [1.82, 2.24) is 4.72 Å². The Labute approximate surface area is 180 Å². The number of carbonyl (C=O) groups excluding carboxylic acids is 2. The highest BCUT2D eigenvalue weighted by Crippen LogP contribution is 2.28. The number of ether oxygens (including phenoxy) is 1. The van der Waals surface area contributed by atoms with E-state index in [4.69, 9.17) is 4.74 Å². The topological polar surface area (TPSA) is 145 Å². The maximum absolute atomic E-state index is 12.6. The van der Waals surface area contributed by atoms with Crippen molar-refractivity contribution >= 4 is 44.5 Å². The third-order valence-corrected chi connectivity index (χ3v) is 6.28. The predicted octanol–water partition coefficient (Wildman–Crippen LogP) is 3.04. The number of methoxy groups -OCH3 is 1. The van der Waals surface area contributed by atoms with Gasteiger partial charge in [0.05, 0.1) is 23.0 Å². The fourth-order valence-corrected chi connectivity index (χ4v) is 4.28. The third-order valence-electron chi connectivity index (χ3n) is 4.03. The second-order valence-corrected chi connectivity index (χ2v) is 8.63. The van der Waals surface area contributed by atoms with Crippen LogP contribution in [0.4, 0.5) is 11.4 Å². The van der Waals surface area contributed by atoms with Crippen LogP contribution >= 0.6 is 11.3 Å². The minimum Gasteiger partial charge on any atom is -0.497 e. The lowest BCUT2D eigenvalue weighted by atomic mass is 10.2. The lowest BCUT2D eigenvalue weighted by Gasteiger charge is -2.09. The summed E-state index contributed by atoms with van der Waals surface area (Å²) in [6, 6.07) is 12.1. The number of hydrogen-bond donors (Lipinski definition) is 2. The first-order chi connectivity index (χ1) is 14.7. The highest BCUT2D eigenvalue weighted by Gasteiger charge is 2.28. The summed E-state index contributed by atoms with van der Waals surface area (Å²) in [5.74, 6) is -1.21. The summed E-state index contributed by atoms with van der Waals surface area (Å²) >= 11 is 1.27. The van der Waals surface area contributed by atoms with Gasteiger partial charge in [0.25, 0.3) is 27.5 Å². The van der Waals surface area contributed by atoms with E-state index in [0.29, 0.717) is 10.6 Å². The smallest absolute Gasteiger partial charge is 0.293 e. The van der Waals surface area contributed by atoms with Gasteiger partial charge in [-0.25, -0.2) is 13.1 Å². The minimum atomic E-state index is -4.53. The van der Waals surface area contributed by atoms with E-state index >= 15 is 0 Å². The molecule has 31 heavy (non-hydrogen) atoms. The molecular weight excluding hydrogens is 446 g/mol. The SMILES string of the molecule is COc1ccc(S(=O)(=O)NC(=O)c2ccc(NC(=O)c3cccs3)cc2)c([N+](=O)[O-])c1. The molecule has 1 heterocycles. The van der Waals surface area contributed by atoms with Gasteiger partial charge >= 0.3 is 0 Å². The Bertz CT molecular complexity index is 1240. The highest BCUT2D eigenvalue weighted by molar-refractivity contribution is 7.90. The average Bonchev–Trinajstić information content (AvgIpc) is 3.28. The predicted molar refractivity (Wildman–Crippen MR) is 113 cm³/mol. The van der Waals surface area contributed by atoms with Crippen molar-refractivity contribution in [1.29, 1.82) is 0 Å². The average molecular weight is 461 g/mol. The zero-order valence-corrected chi connectivity index (χ0v) is 17.5. The first-order valence-electron chi connectivity index (χ1n) is 8.56. The highest BCUT2D eigenvalue weighted by atomic mass is 32.2. The normalized spacial score (nSPS) is 10.9. The van der Waals surface area contributed by atoms with E-state index < -0.39 is 31.4 Å². The third kappa shape index (κ3) is 5.05. The molecule has 10 nitrogen and oxygen atoms in total. The number of amides is 2. The van der Waals surface area contributed by atoms with Gasteiger partial charge in [0.1, 0.15) is 5.75 Å². The number of nitrogens with zero attached hydrogens (tertiary/aromatic N) is 1. The van der Waals surface area contributed by atoms with E-state index in [1.807, 2.05) is 0 Å². The van der Waals surface area contributed by atoms with Crippen LogP contribution in [0.25, 0.3) is 0 Å². The molecule has 0 aliphatic carbocycles. The lowest BCUT2D eigenvalue weighted by Crippen LogP contribution is -2.31. The maximum atomic E-state index is 12.6. The molecule has 0 saturated heterocycles. The quantitative estimate of drug-likeness (QED) is 0.406. The molecule has 0 unspecified atom stereocenters. The molecule has 0 spiro atoms. The number of nitro groups is 1. The van der Waals surface area contributed by atoms with Crippen LogP contribution in [-0.2, 0) is 10.0 Å². The first-order valence-corrected chi connectivity index (χ1v) is 10.9. The zero-order valence-electron chi connectivity index (χ0n) is 15.9. The number of nitro benzene ring substituents is 1. The van der Waals surface area contributed by atoms with Crippen LogP contribution in [0.2, 0.25) is 0 Å². The zero-order chi connectivity index (χ0) is 22.6. The van der Waals surface area contributed by atoms with Gasteiger partial charge in [-0.05, 0) is 47.8 Å². The number of hydrogen-bond acceptors (Lipinski definition) is 8. The van der Waals surface area contributed by atoms with Crippen LogP contribution in [0.3, 0.4) is 0 Å². The fraction of sp³-hybridized carbons (Fsp3) is 0.0526. The van der Waals surface area contributed by atoms with Crippen molar-refractivity contribution in [2.24, 2.45) is 0 Å². The number of carbonyl (C=O) groups is 2. The largest absolute Gasteiger partial charge is 0.497 e. The molecular formula is C19H15N3O7S2. The molecule has 1 aromatic heterocycles. The van der Waals surface area contributed by atoms with Gasteiger partial charge in [0, 0.05) is 11.3 Å². The van der Waals surface area contributed by atoms with Gasteiger partial charge in [-0.1, -0.05) is 6.07 Å². The molecule has 0 bridgehead atoms. The molecule has 2 N–H and O–H groups in total. The van der Waals surface area contributed by atoms with Crippen LogP contribution in [0.5, 0.6) is 5.75 Å². The summed E-state index contributed by atoms with van der Waals surface area (Å²) in [6.07, 6.45) is 0. The second kappa shape index (κ2) is 8.93. The van der Waals surface area contributed by atoms with Gasteiger partial charge in [0.2, 0.25) is 0 Å². The molecule has 0 aliphatic heterocycles. The van der Waals surface area contributed by atoms with Crippen LogP contribution in [0, 0.1) is 10.1 Å². The summed E-state index contributed by atoms with van der Waals surface area (Å²) < 4.78 is 31.8. The van der Waals surface area contributed by atoms with Crippen LogP contribution in [-0.4, -0.2) is 32.3 Å². The minimum absolute atomic E-state index is 0.0196. The Morgan fingerprint density at radius 2 is 1.77 bits per heavy atom. The molecule has 0 atom stereocenters. The Morgan fingerprint density at radius 1 is 1.06 bits per heavy atom. The fourth-order valence-electron chi connectivity index (χ4n) is 2.54. The van der Waals surface area contributed by atoms with Crippen molar-refractivity contribution in [2.45, 2.75) is 4.90 Å². The molecule has 12 heteroatoms. The van der Waals surface area contributed by atoms with E-state index in [0.717, 1.165) is 12.1 Å². The molecule has 160 valence electrons. The van der Waals surface area contributed by atoms with Gasteiger partial charge in [-0.2, -0.15) is 0 Å². The summed E-state index contributed by atoms with van der Waals surface area (Å²) in [6.45, 7) is 0. The Kier molecular flexibility index (Phi) is 6.32. The Morgan fingerprint density at radius 3 is 2.35 bits per heavy atom. The summed E-state index contributed by atoms with van der Waals surface area (Å²) in [5.41, 5.74) is -0.344. The molecule has 0 fully saturated rings. The van der Waals surface area contributed by atoms with Crippen LogP contribution in [0.15, 0.2) is 64.9 Å². The van der Waals surface area contributed by atoms with Crippen molar-refractivity contribution in [3.05, 3.63) is 80.5 Å². The van der Waals surface area contributed by atoms with Crippen LogP contribution in [0.1, 0.15) is 20.0 Å². The number of sulfonamides is 1. The Hall–Kier alpha value is -3.77. The van der Waals surface area contributed by atoms with Crippen molar-refractivity contribution in [3.8, 4) is 5.75 Å².